The molecule has 0 N–H and O–H groups in total. The molecule has 0 saturated heterocycles. The van der Waals surface area contributed by atoms with Gasteiger partial charge in [-0.15, -0.1) is 0 Å². The average molecular weight is 205 g/mol. The maximum absolute atomic E-state index is 4.33. The summed E-state index contributed by atoms with van der Waals surface area (Å²) in [5.74, 6) is 1.87. The number of hydrogen-bond acceptors (Lipinski definition) is 3. The quantitative estimate of drug-likeness (QED) is 0.769. The minimum Gasteiger partial charge on any atom is -0.237 e. The summed E-state index contributed by atoms with van der Waals surface area (Å²) in [6, 6.07) is 5.95. The Bertz CT molecular complexity index is 380. The summed E-state index contributed by atoms with van der Waals surface area (Å²) in [6.07, 6.45) is 7.61. The largest absolute Gasteiger partial charge is 0.237 e. The van der Waals surface area contributed by atoms with Gasteiger partial charge in [0.05, 0.1) is 0 Å². The minimum atomic E-state index is 0.861. The third-order valence-corrected chi connectivity index (χ3v) is 2.48. The van der Waals surface area contributed by atoms with Crippen LogP contribution in [0, 0.1) is 0 Å². The van der Waals surface area contributed by atoms with E-state index >= 15 is 0 Å². The van der Waals surface area contributed by atoms with Gasteiger partial charge in [0.2, 0.25) is 0 Å². The van der Waals surface area contributed by atoms with Gasteiger partial charge in [0.15, 0.2) is 5.82 Å². The Kier molecular flexibility index (Phi) is 2.84. The first-order valence-electron chi connectivity index (χ1n) is 4.34. The smallest absolute Gasteiger partial charge is 0.153 e. The van der Waals surface area contributed by atoms with Crippen molar-refractivity contribution in [1.29, 1.82) is 0 Å². The van der Waals surface area contributed by atoms with Crippen molar-refractivity contribution in [3.05, 3.63) is 42.4 Å². The average Bonchev–Trinajstić information content (AvgIpc) is 2.72. The molecule has 0 spiro atoms. The molecule has 0 radical (unpaired) electrons. The van der Waals surface area contributed by atoms with E-state index in [0.29, 0.717) is 0 Å². The lowest BCUT2D eigenvalue weighted by Gasteiger charge is -2.01. The van der Waals surface area contributed by atoms with E-state index in [-0.39, 0.29) is 0 Å². The van der Waals surface area contributed by atoms with Crippen molar-refractivity contribution in [2.24, 2.45) is 0 Å². The van der Waals surface area contributed by atoms with Gasteiger partial charge in [-0.25, -0.2) is 9.67 Å². The molecular weight excluding hydrogens is 194 g/mol. The third-order valence-electron chi connectivity index (χ3n) is 1.86. The highest BCUT2D eigenvalue weighted by atomic mass is 32.2. The van der Waals surface area contributed by atoms with Crippen LogP contribution in [0.3, 0.4) is 0 Å². The molecule has 14 heavy (non-hydrogen) atoms. The number of pyridine rings is 1. The van der Waals surface area contributed by atoms with Gasteiger partial charge in [0.1, 0.15) is 0 Å². The Balaban J connectivity index is 2.22. The predicted molar refractivity (Wildman–Crippen MR) is 58.6 cm³/mol. The van der Waals surface area contributed by atoms with Crippen LogP contribution in [0.5, 0.6) is 0 Å². The molecule has 0 fully saturated rings. The van der Waals surface area contributed by atoms with Crippen molar-refractivity contribution in [3.63, 3.8) is 0 Å². The lowest BCUT2D eigenvalue weighted by Crippen LogP contribution is -1.97. The fourth-order valence-electron chi connectivity index (χ4n) is 1.21. The molecule has 0 aromatic carbocycles. The maximum atomic E-state index is 4.33. The van der Waals surface area contributed by atoms with Gasteiger partial charge in [-0.3, -0.25) is 0 Å². The van der Waals surface area contributed by atoms with Crippen LogP contribution < -0.4 is 0 Å². The molecule has 2 rings (SSSR count). The van der Waals surface area contributed by atoms with E-state index in [1.165, 1.54) is 5.56 Å². The van der Waals surface area contributed by atoms with Gasteiger partial charge in [-0.2, -0.15) is 16.9 Å². The van der Waals surface area contributed by atoms with Crippen LogP contribution in [0.15, 0.2) is 36.8 Å². The van der Waals surface area contributed by atoms with Crippen molar-refractivity contribution in [2.75, 3.05) is 6.26 Å². The molecule has 72 valence electrons. The number of hydrogen-bond donors (Lipinski definition) is 0. The van der Waals surface area contributed by atoms with Crippen LogP contribution in [0.25, 0.3) is 5.82 Å². The summed E-state index contributed by atoms with van der Waals surface area (Å²) in [5, 5.41) is 4.11. The summed E-state index contributed by atoms with van der Waals surface area (Å²) < 4.78 is 1.75. The molecule has 3 nitrogen and oxygen atoms in total. The molecule has 0 aliphatic heterocycles. The van der Waals surface area contributed by atoms with E-state index < -0.39 is 0 Å². The van der Waals surface area contributed by atoms with Crippen LogP contribution in [0.4, 0.5) is 0 Å². The van der Waals surface area contributed by atoms with Crippen LogP contribution in [-0.2, 0) is 5.75 Å². The van der Waals surface area contributed by atoms with Crippen molar-refractivity contribution < 1.29 is 0 Å². The van der Waals surface area contributed by atoms with E-state index in [0.717, 1.165) is 11.6 Å². The number of rotatable bonds is 3. The second kappa shape index (κ2) is 4.28. The first-order chi connectivity index (χ1) is 6.90. The lowest BCUT2D eigenvalue weighted by molar-refractivity contribution is 0.845. The van der Waals surface area contributed by atoms with E-state index in [1.54, 1.807) is 22.6 Å². The molecule has 0 atom stereocenters. The molecule has 0 unspecified atom stereocenters. The van der Waals surface area contributed by atoms with Gasteiger partial charge in [-0.05, 0) is 24.0 Å². The van der Waals surface area contributed by atoms with Gasteiger partial charge in [0, 0.05) is 24.3 Å². The first-order valence-corrected chi connectivity index (χ1v) is 5.73. The number of nitrogens with zero attached hydrogens (tertiary/aromatic N) is 3. The normalized spacial score (nSPS) is 10.4. The molecule has 0 aliphatic rings. The van der Waals surface area contributed by atoms with E-state index in [2.05, 4.69) is 22.4 Å². The molecule has 0 amide bonds. The summed E-state index contributed by atoms with van der Waals surface area (Å²) in [4.78, 5) is 4.33. The molecule has 0 saturated carbocycles. The first kappa shape index (κ1) is 9.27. The Morgan fingerprint density at radius 1 is 1.43 bits per heavy atom. The Hall–Kier alpha value is -1.29. The summed E-state index contributed by atoms with van der Waals surface area (Å²) in [6.45, 7) is 0. The monoisotopic (exact) mass is 205 g/mol. The molecule has 2 aromatic rings. The van der Waals surface area contributed by atoms with Crippen LogP contribution in [0.2, 0.25) is 0 Å². The highest BCUT2D eigenvalue weighted by Gasteiger charge is 1.97. The predicted octanol–water partition coefficient (Wildman–Crippen LogP) is 2.13. The minimum absolute atomic E-state index is 0.861. The summed E-state index contributed by atoms with van der Waals surface area (Å²) in [7, 11) is 0. The molecule has 4 heteroatoms. The van der Waals surface area contributed by atoms with Crippen molar-refractivity contribution in [1.82, 2.24) is 14.8 Å². The second-order valence-electron chi connectivity index (χ2n) is 2.91. The van der Waals surface area contributed by atoms with E-state index in [1.807, 2.05) is 24.5 Å². The number of aromatic nitrogens is 3. The van der Waals surface area contributed by atoms with Gasteiger partial charge >= 0.3 is 0 Å². The highest BCUT2D eigenvalue weighted by molar-refractivity contribution is 7.97. The zero-order valence-electron chi connectivity index (χ0n) is 7.92. The Morgan fingerprint density at radius 3 is 2.93 bits per heavy atom. The van der Waals surface area contributed by atoms with Crippen LogP contribution >= 0.6 is 11.8 Å². The second-order valence-corrected chi connectivity index (χ2v) is 3.77. The topological polar surface area (TPSA) is 30.7 Å². The third kappa shape index (κ3) is 1.96. The fourth-order valence-corrected chi connectivity index (χ4v) is 1.71. The van der Waals surface area contributed by atoms with Crippen LogP contribution in [0.1, 0.15) is 5.56 Å². The summed E-state index contributed by atoms with van der Waals surface area (Å²) in [5.41, 5.74) is 1.24. The van der Waals surface area contributed by atoms with E-state index in [4.69, 9.17) is 0 Å². The maximum Gasteiger partial charge on any atom is 0.153 e. The van der Waals surface area contributed by atoms with Crippen molar-refractivity contribution >= 4 is 11.8 Å². The lowest BCUT2D eigenvalue weighted by atomic mass is 10.3. The Labute approximate surface area is 87.2 Å². The molecule has 2 aromatic heterocycles. The van der Waals surface area contributed by atoms with Crippen molar-refractivity contribution in [3.8, 4) is 5.82 Å². The van der Waals surface area contributed by atoms with Gasteiger partial charge in [0.25, 0.3) is 0 Å². The van der Waals surface area contributed by atoms with Crippen molar-refractivity contribution in [2.45, 2.75) is 5.75 Å². The molecule has 0 aliphatic carbocycles. The SMILES string of the molecule is CSCc1ccc(-n2cccn2)nc1. The zero-order chi connectivity index (χ0) is 9.80. The molecule has 0 bridgehead atoms. The fraction of sp³-hybridized carbons (Fsp3) is 0.200. The molecule has 2 heterocycles. The number of thioether (sulfide) groups is 1. The van der Waals surface area contributed by atoms with Gasteiger partial charge < -0.3 is 0 Å². The Morgan fingerprint density at radius 2 is 2.36 bits per heavy atom. The van der Waals surface area contributed by atoms with E-state index in [9.17, 15) is 0 Å². The highest BCUT2D eigenvalue weighted by Crippen LogP contribution is 2.09. The molecular formula is C10H11N3S. The summed E-state index contributed by atoms with van der Waals surface area (Å²) >= 11 is 1.80. The van der Waals surface area contributed by atoms with Crippen LogP contribution in [-0.4, -0.2) is 21.0 Å². The standard InChI is InChI=1S/C10H11N3S/c1-14-8-9-3-4-10(11-7-9)13-6-2-5-12-13/h2-7H,8H2,1H3. The van der Waals surface area contributed by atoms with Gasteiger partial charge in [-0.1, -0.05) is 6.07 Å². The zero-order valence-corrected chi connectivity index (χ0v) is 8.74.